The van der Waals surface area contributed by atoms with E-state index in [1.807, 2.05) is 0 Å². The van der Waals surface area contributed by atoms with Crippen LogP contribution in [0.2, 0.25) is 0 Å². The zero-order chi connectivity index (χ0) is 25.2. The van der Waals surface area contributed by atoms with E-state index in [0.717, 1.165) is 0 Å². The highest BCUT2D eigenvalue weighted by atomic mass is 16.6. The summed E-state index contributed by atoms with van der Waals surface area (Å²) in [5.74, 6) is -2.19. The maximum Gasteiger partial charge on any atom is 0.335 e. The summed E-state index contributed by atoms with van der Waals surface area (Å²) < 4.78 is 6.98. The average molecular weight is 488 g/mol. The number of aliphatic hydroxyl groups excluding tert-OH is 1. The standard InChI is InChI=1S/C24H20N6O6/c31-17-15(28-21(32)13-7-3-1-4-8-13)18(24(34)35)36-23(17)30-12-27-16-19(25-11-26-20(16)30)29-22(33)14-9-5-2-6-10-14/h1-12,15,17-18,23,31H,(H,28,32)(H,34,35)(H,25,26,29,33)/t15-,17+,18-,23-/m0/s1. The van der Waals surface area contributed by atoms with Crippen molar-refractivity contribution >= 4 is 34.8 Å². The number of aromatic nitrogens is 4. The molecular weight excluding hydrogens is 468 g/mol. The average Bonchev–Trinajstić information content (AvgIpc) is 3.47. The van der Waals surface area contributed by atoms with Crippen LogP contribution in [0.4, 0.5) is 5.82 Å². The lowest BCUT2D eigenvalue weighted by molar-refractivity contribution is -0.152. The summed E-state index contributed by atoms with van der Waals surface area (Å²) in [7, 11) is 0. The van der Waals surface area contributed by atoms with Crippen molar-refractivity contribution in [3.63, 3.8) is 0 Å². The second kappa shape index (κ2) is 9.52. The highest BCUT2D eigenvalue weighted by Crippen LogP contribution is 2.32. The number of aliphatic carboxylic acids is 1. The second-order valence-electron chi connectivity index (χ2n) is 8.01. The first-order chi connectivity index (χ1) is 17.4. The highest BCUT2D eigenvalue weighted by Gasteiger charge is 2.49. The maximum absolute atomic E-state index is 12.6. The summed E-state index contributed by atoms with van der Waals surface area (Å²) in [5.41, 5.74) is 1.12. The number of aliphatic hydroxyl groups is 1. The van der Waals surface area contributed by atoms with Gasteiger partial charge >= 0.3 is 5.97 Å². The van der Waals surface area contributed by atoms with Crippen molar-refractivity contribution in [2.24, 2.45) is 0 Å². The van der Waals surface area contributed by atoms with E-state index >= 15 is 0 Å². The van der Waals surface area contributed by atoms with Gasteiger partial charge in [-0.3, -0.25) is 14.2 Å². The van der Waals surface area contributed by atoms with E-state index < -0.39 is 42.3 Å². The molecule has 3 heterocycles. The molecule has 12 heteroatoms. The second-order valence-corrected chi connectivity index (χ2v) is 8.01. The minimum absolute atomic E-state index is 0.129. The summed E-state index contributed by atoms with van der Waals surface area (Å²) in [4.78, 5) is 49.6. The van der Waals surface area contributed by atoms with Crippen LogP contribution in [0.1, 0.15) is 26.9 Å². The lowest BCUT2D eigenvalue weighted by Crippen LogP contribution is -2.49. The van der Waals surface area contributed by atoms with Gasteiger partial charge in [0.1, 0.15) is 12.4 Å². The van der Waals surface area contributed by atoms with Crippen molar-refractivity contribution < 1.29 is 29.3 Å². The first-order valence-corrected chi connectivity index (χ1v) is 10.9. The van der Waals surface area contributed by atoms with E-state index in [0.29, 0.717) is 11.1 Å². The molecule has 0 unspecified atom stereocenters. The molecule has 1 saturated heterocycles. The fourth-order valence-corrected chi connectivity index (χ4v) is 4.00. The van der Waals surface area contributed by atoms with Gasteiger partial charge in [0, 0.05) is 11.1 Å². The van der Waals surface area contributed by atoms with Crippen LogP contribution < -0.4 is 10.6 Å². The number of carboxylic acid groups (broad SMARTS) is 1. The van der Waals surface area contributed by atoms with E-state index in [1.165, 1.54) is 17.2 Å². The number of hydrogen-bond acceptors (Lipinski definition) is 8. The smallest absolute Gasteiger partial charge is 0.335 e. The molecule has 5 rings (SSSR count). The number of rotatable bonds is 6. The minimum Gasteiger partial charge on any atom is -0.479 e. The van der Waals surface area contributed by atoms with Crippen molar-refractivity contribution in [2.45, 2.75) is 24.5 Å². The Hall–Kier alpha value is -4.68. The number of nitrogens with one attached hydrogen (secondary N) is 2. The first kappa shape index (κ1) is 23.1. The number of nitrogens with zero attached hydrogens (tertiary/aromatic N) is 4. The number of amides is 2. The Morgan fingerprint density at radius 1 is 0.889 bits per heavy atom. The lowest BCUT2D eigenvalue weighted by Gasteiger charge is -2.20. The lowest BCUT2D eigenvalue weighted by atomic mass is 10.1. The topological polar surface area (TPSA) is 169 Å². The third kappa shape index (κ3) is 4.26. The summed E-state index contributed by atoms with van der Waals surface area (Å²) in [5, 5.41) is 25.9. The molecule has 2 aromatic heterocycles. The number of carbonyl (C=O) groups is 3. The van der Waals surface area contributed by atoms with E-state index in [4.69, 9.17) is 4.74 Å². The molecule has 4 atom stereocenters. The van der Waals surface area contributed by atoms with Crippen LogP contribution in [0.15, 0.2) is 73.3 Å². The van der Waals surface area contributed by atoms with Gasteiger partial charge in [-0.1, -0.05) is 36.4 Å². The molecule has 2 aromatic carbocycles. The Kier molecular flexibility index (Phi) is 6.10. The number of benzene rings is 2. The van der Waals surface area contributed by atoms with Gasteiger partial charge in [0.2, 0.25) is 0 Å². The Morgan fingerprint density at radius 2 is 1.53 bits per heavy atom. The molecule has 1 aliphatic heterocycles. The quantitative estimate of drug-likeness (QED) is 0.312. The normalized spacial score (nSPS) is 21.2. The molecule has 0 radical (unpaired) electrons. The van der Waals surface area contributed by atoms with Crippen LogP contribution in [0, 0.1) is 0 Å². The van der Waals surface area contributed by atoms with Crippen molar-refractivity contribution in [2.75, 3.05) is 5.32 Å². The molecule has 0 bridgehead atoms. The number of imidazole rings is 1. The first-order valence-electron chi connectivity index (χ1n) is 10.9. The van der Waals surface area contributed by atoms with E-state index in [1.54, 1.807) is 60.7 Å². The number of ether oxygens (including phenoxy) is 1. The summed E-state index contributed by atoms with van der Waals surface area (Å²) in [6, 6.07) is 15.5. The zero-order valence-corrected chi connectivity index (χ0v) is 18.6. The van der Waals surface area contributed by atoms with Gasteiger partial charge in [-0.15, -0.1) is 0 Å². The van der Waals surface area contributed by atoms with E-state index in [-0.39, 0.29) is 17.0 Å². The number of fused-ring (bicyclic) bond motifs is 1. The Labute approximate surface area is 203 Å². The minimum atomic E-state index is -1.53. The molecule has 2 amide bonds. The van der Waals surface area contributed by atoms with Crippen molar-refractivity contribution in [1.29, 1.82) is 0 Å². The molecule has 36 heavy (non-hydrogen) atoms. The predicted octanol–water partition coefficient (Wildman–Crippen LogP) is 1.22. The Morgan fingerprint density at radius 3 is 2.17 bits per heavy atom. The van der Waals surface area contributed by atoms with Gasteiger partial charge in [0.05, 0.1) is 12.4 Å². The van der Waals surface area contributed by atoms with E-state index in [9.17, 15) is 24.6 Å². The molecule has 0 spiro atoms. The number of carboxylic acids is 1. The summed E-state index contributed by atoms with van der Waals surface area (Å²) in [6.45, 7) is 0. The van der Waals surface area contributed by atoms with Crippen LogP contribution in [0.25, 0.3) is 11.2 Å². The molecule has 1 aliphatic rings. The van der Waals surface area contributed by atoms with Crippen molar-refractivity contribution in [3.05, 3.63) is 84.4 Å². The molecule has 4 N–H and O–H groups in total. The van der Waals surface area contributed by atoms with Crippen LogP contribution in [-0.2, 0) is 9.53 Å². The van der Waals surface area contributed by atoms with Crippen LogP contribution in [0.3, 0.4) is 0 Å². The molecular formula is C24H20N6O6. The molecule has 0 saturated carbocycles. The third-order valence-corrected chi connectivity index (χ3v) is 5.75. The predicted molar refractivity (Wildman–Crippen MR) is 125 cm³/mol. The monoisotopic (exact) mass is 488 g/mol. The van der Waals surface area contributed by atoms with Gasteiger partial charge < -0.3 is 25.6 Å². The fourth-order valence-electron chi connectivity index (χ4n) is 4.00. The Balaban J connectivity index is 1.42. The SMILES string of the molecule is O=C(Nc1ncnc2c1ncn2[C@H]1O[C@H](C(=O)O)[C@@H](NC(=O)c2ccccc2)[C@H]1O)c1ccccc1. The third-order valence-electron chi connectivity index (χ3n) is 5.75. The fraction of sp³-hybridized carbons (Fsp3) is 0.167. The van der Waals surface area contributed by atoms with Gasteiger partial charge in [-0.05, 0) is 24.3 Å². The largest absolute Gasteiger partial charge is 0.479 e. The van der Waals surface area contributed by atoms with Crippen molar-refractivity contribution in [1.82, 2.24) is 24.8 Å². The van der Waals surface area contributed by atoms with Crippen LogP contribution >= 0.6 is 0 Å². The summed E-state index contributed by atoms with van der Waals surface area (Å²) in [6.07, 6.45) is -1.72. The van der Waals surface area contributed by atoms with E-state index in [2.05, 4.69) is 25.6 Å². The zero-order valence-electron chi connectivity index (χ0n) is 18.6. The van der Waals surface area contributed by atoms with Crippen molar-refractivity contribution in [3.8, 4) is 0 Å². The molecule has 1 fully saturated rings. The van der Waals surface area contributed by atoms with Gasteiger partial charge in [0.15, 0.2) is 29.3 Å². The van der Waals surface area contributed by atoms with Gasteiger partial charge in [0.25, 0.3) is 11.8 Å². The number of hydrogen-bond donors (Lipinski definition) is 4. The number of carbonyl (C=O) groups excluding carboxylic acids is 2. The molecule has 0 aliphatic carbocycles. The van der Waals surface area contributed by atoms with Crippen LogP contribution in [0.5, 0.6) is 0 Å². The number of anilines is 1. The summed E-state index contributed by atoms with van der Waals surface area (Å²) >= 11 is 0. The molecule has 182 valence electrons. The Bertz CT molecular complexity index is 1430. The van der Waals surface area contributed by atoms with Gasteiger partial charge in [-0.2, -0.15) is 0 Å². The van der Waals surface area contributed by atoms with Crippen LogP contribution in [-0.4, -0.2) is 65.8 Å². The highest BCUT2D eigenvalue weighted by molar-refractivity contribution is 6.06. The molecule has 12 nitrogen and oxygen atoms in total. The molecule has 4 aromatic rings. The maximum atomic E-state index is 12.6. The van der Waals surface area contributed by atoms with Gasteiger partial charge in [-0.25, -0.2) is 19.7 Å².